The standard InChI is InChI=1S/C13H16ClN5/c1-8(2)9-3-5-10(6-4-9)17-12-11(14)7-16-13(18-12)19-15/h3-8H,15H2,1-2H3,(H2,16,17,18,19). The van der Waals surface area contributed by atoms with E-state index in [9.17, 15) is 0 Å². The molecule has 19 heavy (non-hydrogen) atoms. The summed E-state index contributed by atoms with van der Waals surface area (Å²) in [5.74, 6) is 6.60. The third-order valence-corrected chi connectivity index (χ3v) is 2.99. The molecule has 4 N–H and O–H groups in total. The van der Waals surface area contributed by atoms with Crippen molar-refractivity contribution in [2.24, 2.45) is 5.84 Å². The Morgan fingerprint density at radius 2 is 1.89 bits per heavy atom. The zero-order valence-electron chi connectivity index (χ0n) is 10.8. The van der Waals surface area contributed by atoms with Gasteiger partial charge in [0.15, 0.2) is 5.82 Å². The van der Waals surface area contributed by atoms with Crippen LogP contribution < -0.4 is 16.6 Å². The molecule has 1 aromatic heterocycles. The van der Waals surface area contributed by atoms with Crippen LogP contribution in [0.2, 0.25) is 5.02 Å². The van der Waals surface area contributed by atoms with Crippen LogP contribution in [-0.2, 0) is 0 Å². The number of nitrogens with zero attached hydrogens (tertiary/aromatic N) is 2. The molecule has 5 nitrogen and oxygen atoms in total. The van der Waals surface area contributed by atoms with Crippen molar-refractivity contribution in [3.63, 3.8) is 0 Å². The molecule has 0 saturated heterocycles. The van der Waals surface area contributed by atoms with Gasteiger partial charge in [0.2, 0.25) is 5.95 Å². The van der Waals surface area contributed by atoms with Crippen LogP contribution in [0.4, 0.5) is 17.5 Å². The van der Waals surface area contributed by atoms with Crippen molar-refractivity contribution in [3.05, 3.63) is 41.0 Å². The van der Waals surface area contributed by atoms with Gasteiger partial charge in [0, 0.05) is 5.69 Å². The molecule has 100 valence electrons. The lowest BCUT2D eigenvalue weighted by molar-refractivity contribution is 0.867. The van der Waals surface area contributed by atoms with Gasteiger partial charge >= 0.3 is 0 Å². The zero-order chi connectivity index (χ0) is 13.8. The number of nitrogens with one attached hydrogen (secondary N) is 2. The van der Waals surface area contributed by atoms with Crippen LogP contribution in [0.5, 0.6) is 0 Å². The summed E-state index contributed by atoms with van der Waals surface area (Å²) in [6.45, 7) is 4.31. The maximum Gasteiger partial charge on any atom is 0.239 e. The Morgan fingerprint density at radius 1 is 1.21 bits per heavy atom. The number of nitrogens with two attached hydrogens (primary N) is 1. The molecule has 0 radical (unpaired) electrons. The van der Waals surface area contributed by atoms with Crippen LogP contribution in [0, 0.1) is 0 Å². The minimum absolute atomic E-state index is 0.311. The lowest BCUT2D eigenvalue weighted by atomic mass is 10.0. The summed E-state index contributed by atoms with van der Waals surface area (Å²) >= 11 is 6.03. The van der Waals surface area contributed by atoms with Gasteiger partial charge in [0.1, 0.15) is 5.02 Å². The Balaban J connectivity index is 2.20. The fraction of sp³-hybridized carbons (Fsp3) is 0.231. The van der Waals surface area contributed by atoms with Crippen LogP contribution in [0.15, 0.2) is 30.5 Å². The summed E-state index contributed by atoms with van der Waals surface area (Å²) in [4.78, 5) is 8.07. The minimum atomic E-state index is 0.311. The van der Waals surface area contributed by atoms with E-state index >= 15 is 0 Å². The Bertz CT molecular complexity index is 553. The molecule has 0 fully saturated rings. The average molecular weight is 278 g/mol. The van der Waals surface area contributed by atoms with E-state index in [-0.39, 0.29) is 0 Å². The van der Waals surface area contributed by atoms with Gasteiger partial charge in [-0.25, -0.2) is 10.8 Å². The predicted molar refractivity (Wildman–Crippen MR) is 78.7 cm³/mol. The zero-order valence-corrected chi connectivity index (χ0v) is 11.6. The number of nitrogen functional groups attached to an aromatic ring is 1. The number of hydrazine groups is 1. The molecule has 0 atom stereocenters. The van der Waals surface area contributed by atoms with Gasteiger partial charge in [0.05, 0.1) is 6.20 Å². The highest BCUT2D eigenvalue weighted by molar-refractivity contribution is 6.32. The average Bonchev–Trinajstić information content (AvgIpc) is 2.42. The van der Waals surface area contributed by atoms with Gasteiger partial charge in [-0.15, -0.1) is 0 Å². The molecule has 2 aromatic rings. The Labute approximate surface area is 117 Å². The maximum absolute atomic E-state index is 6.03. The summed E-state index contributed by atoms with van der Waals surface area (Å²) < 4.78 is 0. The quantitative estimate of drug-likeness (QED) is 0.591. The third-order valence-electron chi connectivity index (χ3n) is 2.71. The van der Waals surface area contributed by atoms with Crippen molar-refractivity contribution in [2.75, 3.05) is 10.7 Å². The first kappa shape index (κ1) is 13.6. The van der Waals surface area contributed by atoms with Crippen molar-refractivity contribution in [2.45, 2.75) is 19.8 Å². The molecule has 0 saturated carbocycles. The molecule has 0 aliphatic rings. The predicted octanol–water partition coefficient (Wildman–Crippen LogP) is 3.28. The van der Waals surface area contributed by atoms with E-state index < -0.39 is 0 Å². The fourth-order valence-electron chi connectivity index (χ4n) is 1.61. The fourth-order valence-corrected chi connectivity index (χ4v) is 1.75. The van der Waals surface area contributed by atoms with E-state index in [1.165, 1.54) is 11.8 Å². The summed E-state index contributed by atoms with van der Waals surface area (Å²) in [6.07, 6.45) is 1.49. The highest BCUT2D eigenvalue weighted by atomic mass is 35.5. The van der Waals surface area contributed by atoms with Crippen molar-refractivity contribution < 1.29 is 0 Å². The number of rotatable bonds is 4. The molecule has 0 spiro atoms. The lowest BCUT2D eigenvalue weighted by Gasteiger charge is -2.10. The second-order valence-corrected chi connectivity index (χ2v) is 4.84. The number of hydrogen-bond acceptors (Lipinski definition) is 5. The van der Waals surface area contributed by atoms with Gasteiger partial charge in [-0.3, -0.25) is 5.43 Å². The number of anilines is 3. The van der Waals surface area contributed by atoms with Crippen molar-refractivity contribution in [1.82, 2.24) is 9.97 Å². The van der Waals surface area contributed by atoms with E-state index in [1.54, 1.807) is 0 Å². The first-order chi connectivity index (χ1) is 9.10. The first-order valence-electron chi connectivity index (χ1n) is 5.96. The third kappa shape index (κ3) is 3.33. The van der Waals surface area contributed by atoms with Crippen LogP contribution in [0.1, 0.15) is 25.3 Å². The molecule has 0 bridgehead atoms. The van der Waals surface area contributed by atoms with Gasteiger partial charge in [-0.1, -0.05) is 37.6 Å². The first-order valence-corrected chi connectivity index (χ1v) is 6.34. The summed E-state index contributed by atoms with van der Waals surface area (Å²) in [5.41, 5.74) is 4.57. The number of aromatic nitrogens is 2. The van der Waals surface area contributed by atoms with Crippen molar-refractivity contribution >= 4 is 29.1 Å². The van der Waals surface area contributed by atoms with Gasteiger partial charge < -0.3 is 5.32 Å². The molecule has 0 unspecified atom stereocenters. The summed E-state index contributed by atoms with van der Waals surface area (Å²) in [6, 6.07) is 8.13. The van der Waals surface area contributed by atoms with Crippen LogP contribution in [0.3, 0.4) is 0 Å². The highest BCUT2D eigenvalue weighted by Crippen LogP contribution is 2.24. The maximum atomic E-state index is 6.03. The summed E-state index contributed by atoms with van der Waals surface area (Å²) in [5, 5.41) is 3.57. The molecule has 0 amide bonds. The van der Waals surface area contributed by atoms with Crippen molar-refractivity contribution in [3.8, 4) is 0 Å². The second-order valence-electron chi connectivity index (χ2n) is 4.44. The molecular weight excluding hydrogens is 262 g/mol. The molecule has 0 aliphatic heterocycles. The molecule has 0 aliphatic carbocycles. The normalized spacial score (nSPS) is 10.6. The molecular formula is C13H16ClN5. The Kier molecular flexibility index (Phi) is 4.19. The van der Waals surface area contributed by atoms with Crippen LogP contribution >= 0.6 is 11.6 Å². The van der Waals surface area contributed by atoms with E-state index in [1.807, 2.05) is 12.1 Å². The van der Waals surface area contributed by atoms with Crippen LogP contribution in [-0.4, -0.2) is 9.97 Å². The van der Waals surface area contributed by atoms with E-state index in [4.69, 9.17) is 17.4 Å². The molecule has 1 aromatic carbocycles. The monoisotopic (exact) mass is 277 g/mol. The number of benzene rings is 1. The minimum Gasteiger partial charge on any atom is -0.339 e. The Morgan fingerprint density at radius 3 is 2.47 bits per heavy atom. The number of hydrogen-bond donors (Lipinski definition) is 3. The van der Waals surface area contributed by atoms with Crippen LogP contribution in [0.25, 0.3) is 0 Å². The van der Waals surface area contributed by atoms with Gasteiger partial charge in [-0.2, -0.15) is 4.98 Å². The SMILES string of the molecule is CC(C)c1ccc(Nc2nc(NN)ncc2Cl)cc1. The van der Waals surface area contributed by atoms with E-state index in [0.29, 0.717) is 22.7 Å². The molecule has 6 heteroatoms. The van der Waals surface area contributed by atoms with E-state index in [2.05, 4.69) is 46.7 Å². The van der Waals surface area contributed by atoms with Gasteiger partial charge in [0.25, 0.3) is 0 Å². The Hall–Kier alpha value is -1.85. The summed E-state index contributed by atoms with van der Waals surface area (Å²) in [7, 11) is 0. The molecule has 2 rings (SSSR count). The van der Waals surface area contributed by atoms with Gasteiger partial charge in [-0.05, 0) is 23.6 Å². The second kappa shape index (κ2) is 5.86. The lowest BCUT2D eigenvalue weighted by Crippen LogP contribution is -2.11. The topological polar surface area (TPSA) is 75.9 Å². The molecule has 1 heterocycles. The largest absolute Gasteiger partial charge is 0.339 e. The highest BCUT2D eigenvalue weighted by Gasteiger charge is 2.05. The number of halogens is 1. The van der Waals surface area contributed by atoms with E-state index in [0.717, 1.165) is 5.69 Å². The van der Waals surface area contributed by atoms with Crippen molar-refractivity contribution in [1.29, 1.82) is 0 Å². The smallest absolute Gasteiger partial charge is 0.239 e.